The highest BCUT2D eigenvalue weighted by Gasteiger charge is 2.71. The van der Waals surface area contributed by atoms with Crippen molar-refractivity contribution in [2.45, 2.75) is 277 Å². The quantitative estimate of drug-likeness (QED) is 0.0599. The molecule has 2 spiro atoms. The molecule has 26 heteroatoms. The Morgan fingerprint density at radius 1 is 0.444 bits per heavy atom. The second-order valence-electron chi connectivity index (χ2n) is 30.4. The van der Waals surface area contributed by atoms with Gasteiger partial charge in [-0.1, -0.05) is 39.8 Å². The normalized spacial score (nSPS) is 54.7. The van der Waals surface area contributed by atoms with Gasteiger partial charge in [-0.3, -0.25) is 9.59 Å². The van der Waals surface area contributed by atoms with Crippen LogP contribution in [0.15, 0.2) is 24.3 Å². The Kier molecular flexibility index (Phi) is 19.0. The fraction of sp³-hybridized carbons (Fsp3) is 0.906. The summed E-state index contributed by atoms with van der Waals surface area (Å²) >= 11 is 0. The van der Waals surface area contributed by atoms with E-state index in [9.17, 15) is 91.3 Å². The number of ether oxygens (including phenoxy) is 8. The molecule has 90 heavy (non-hydrogen) atoms. The lowest BCUT2D eigenvalue weighted by Gasteiger charge is -2.64. The first-order valence-corrected chi connectivity index (χ1v) is 32.7. The molecule has 4 saturated heterocycles. The van der Waals surface area contributed by atoms with Gasteiger partial charge in [-0.25, -0.2) is 0 Å². The third-order valence-corrected chi connectivity index (χ3v) is 25.7. The van der Waals surface area contributed by atoms with Gasteiger partial charge in [0, 0.05) is 0 Å². The molecule has 0 aromatic heterocycles. The predicted molar refractivity (Wildman–Crippen MR) is 308 cm³/mol. The van der Waals surface area contributed by atoms with Gasteiger partial charge in [0.25, 0.3) is 0 Å². The molecule has 16 N–H and O–H groups in total. The van der Waals surface area contributed by atoms with Crippen molar-refractivity contribution in [1.82, 2.24) is 0 Å². The van der Waals surface area contributed by atoms with E-state index < -0.39 is 183 Å². The lowest BCUT2D eigenvalue weighted by atomic mass is 9.41. The fourth-order valence-corrected chi connectivity index (χ4v) is 21.0. The first-order chi connectivity index (χ1) is 42.3. The minimum Gasteiger partial charge on any atom is -0.432 e. The number of aliphatic hydroxyl groups excluding tert-OH is 15. The number of fused-ring (bicyclic) bond motifs is 6. The van der Waals surface area contributed by atoms with E-state index in [2.05, 4.69) is 27.0 Å². The summed E-state index contributed by atoms with van der Waals surface area (Å²) in [4.78, 5) is 27.8. The molecule has 4 aliphatic heterocycles. The minimum atomic E-state index is -1.81. The second kappa shape index (κ2) is 24.9. The van der Waals surface area contributed by atoms with E-state index >= 15 is 0 Å². The molecule has 512 valence electrons. The van der Waals surface area contributed by atoms with Gasteiger partial charge < -0.3 is 120 Å². The van der Waals surface area contributed by atoms with E-state index in [1.165, 1.54) is 0 Å². The fourth-order valence-electron chi connectivity index (χ4n) is 21.0. The Hall–Kier alpha value is -2.46. The number of hydrogen-bond acceptors (Lipinski definition) is 26. The molecule has 32 unspecified atom stereocenters. The minimum absolute atomic E-state index is 0.0504. The number of aliphatic hydroxyl groups is 16. The lowest BCUT2D eigenvalue weighted by molar-refractivity contribution is -0.369. The highest BCUT2D eigenvalue weighted by Crippen LogP contribution is 2.75. The Bertz CT molecular complexity index is 2650. The highest BCUT2D eigenvalue weighted by molar-refractivity contribution is 5.78. The van der Waals surface area contributed by atoms with Crippen molar-refractivity contribution in [3.63, 3.8) is 0 Å². The maximum atomic E-state index is 14.1. The van der Waals surface area contributed by atoms with Crippen molar-refractivity contribution < 1.29 is 129 Å². The van der Waals surface area contributed by atoms with E-state index in [-0.39, 0.29) is 39.4 Å². The Morgan fingerprint density at radius 3 is 1.30 bits per heavy atom. The standard InChI is InChI=1S/C38H60O18.C26H40O8/c1-16-11-37-9-5-20-35(2,7-4-8-36(20,3)34(50)55-32-28(48)26(46)23(43)18(13-40)52-32)21(37)6-10-38(16,15-37)56-33-29(49)30(24(44)19(14-41)53-33)54-31-27(47)25(45)22(42)17(12-39)51-31;1-14-11-25-9-5-16-23(2,17(25)6-10-26(14,32)13-25)7-4-8-24(16,3)22(31)34-21-20(30)19(29)18(28)15(12-27)33-21/h17-33,39-49H,1,4-15H2,2-3H3;15-21,27-30,32H,1,4-13H2,2-3H3. The van der Waals surface area contributed by atoms with Gasteiger partial charge >= 0.3 is 11.9 Å². The number of esters is 2. The van der Waals surface area contributed by atoms with E-state index in [0.717, 1.165) is 81.8 Å². The summed E-state index contributed by atoms with van der Waals surface area (Å²) in [7, 11) is 0. The van der Waals surface area contributed by atoms with Gasteiger partial charge in [0.05, 0.1) is 48.5 Å². The summed E-state index contributed by atoms with van der Waals surface area (Å²) in [5.74, 6) is -0.542. The summed E-state index contributed by atoms with van der Waals surface area (Å²) in [6.45, 7) is 14.4. The third kappa shape index (κ3) is 10.9. The van der Waals surface area contributed by atoms with Gasteiger partial charge in [-0.05, 0) is 173 Å². The molecule has 0 aromatic rings. The summed E-state index contributed by atoms with van der Waals surface area (Å²) in [5, 5.41) is 165. The van der Waals surface area contributed by atoms with Crippen LogP contribution in [0.4, 0.5) is 0 Å². The van der Waals surface area contributed by atoms with E-state index in [0.29, 0.717) is 50.9 Å². The molecular formula is C64H100O26. The van der Waals surface area contributed by atoms with Crippen LogP contribution < -0.4 is 0 Å². The lowest BCUT2D eigenvalue weighted by Crippen LogP contribution is -2.65. The van der Waals surface area contributed by atoms with Gasteiger partial charge in [-0.15, -0.1) is 0 Å². The van der Waals surface area contributed by atoms with Crippen LogP contribution in [0.1, 0.15) is 143 Å². The van der Waals surface area contributed by atoms with Crippen LogP contribution in [0, 0.1) is 56.2 Å². The summed E-state index contributed by atoms with van der Waals surface area (Å²) < 4.78 is 46.3. The number of rotatable bonds is 12. The summed E-state index contributed by atoms with van der Waals surface area (Å²) in [5.41, 5.74) is -2.30. The average Bonchev–Trinajstić information content (AvgIpc) is 1.41. The molecule has 12 aliphatic rings. The van der Waals surface area contributed by atoms with Crippen LogP contribution in [-0.2, 0) is 47.5 Å². The summed E-state index contributed by atoms with van der Waals surface area (Å²) in [6, 6.07) is 0. The Morgan fingerprint density at radius 2 is 0.833 bits per heavy atom. The van der Waals surface area contributed by atoms with E-state index in [4.69, 9.17) is 37.9 Å². The van der Waals surface area contributed by atoms with Crippen molar-refractivity contribution >= 4 is 11.9 Å². The van der Waals surface area contributed by atoms with Gasteiger partial charge in [0.2, 0.25) is 12.6 Å². The van der Waals surface area contributed by atoms with Gasteiger partial charge in [0.1, 0.15) is 97.7 Å². The Balaban J connectivity index is 0.000000209. The highest BCUT2D eigenvalue weighted by atomic mass is 16.8. The molecule has 8 saturated carbocycles. The third-order valence-electron chi connectivity index (χ3n) is 25.7. The molecule has 0 aromatic carbocycles. The SMILES string of the molecule is C=C1CC23CCC4C(C)(C(=O)OC5OC(CO)C(O)C(O)C5O)CCCC4(C)C2CCC1(O)C3.C=C1CC23CCC4C(C)(C(=O)OC5OC(CO)C(O)C(O)C5O)CCCC4(C)C2CCC1(OC1OC(CO)C(O)C(OC2OC(CO)C(O)C(O)C2O)C1O)C3. The zero-order valence-electron chi connectivity index (χ0n) is 52.1. The molecule has 26 nitrogen and oxygen atoms in total. The molecule has 12 fully saturated rings. The monoisotopic (exact) mass is 1280 g/mol. The van der Waals surface area contributed by atoms with Crippen LogP contribution in [0.25, 0.3) is 0 Å². The molecular weight excluding hydrogens is 1180 g/mol. The molecule has 0 amide bonds. The molecule has 12 rings (SSSR count). The second-order valence-corrected chi connectivity index (χ2v) is 30.4. The van der Waals surface area contributed by atoms with E-state index in [1.54, 1.807) is 0 Å². The van der Waals surface area contributed by atoms with Crippen LogP contribution in [0.3, 0.4) is 0 Å². The van der Waals surface area contributed by atoms with Crippen molar-refractivity contribution in [2.75, 3.05) is 26.4 Å². The van der Waals surface area contributed by atoms with Gasteiger partial charge in [-0.2, -0.15) is 0 Å². The van der Waals surface area contributed by atoms with Gasteiger partial charge in [0.15, 0.2) is 12.6 Å². The van der Waals surface area contributed by atoms with Crippen LogP contribution >= 0.6 is 0 Å². The van der Waals surface area contributed by atoms with E-state index in [1.807, 2.05) is 13.8 Å². The van der Waals surface area contributed by atoms with Crippen molar-refractivity contribution in [3.05, 3.63) is 24.3 Å². The first-order valence-electron chi connectivity index (χ1n) is 32.7. The van der Waals surface area contributed by atoms with Crippen molar-refractivity contribution in [2.24, 2.45) is 56.2 Å². The number of carbonyl (C=O) groups excluding carboxylic acids is 2. The zero-order valence-corrected chi connectivity index (χ0v) is 52.1. The first kappa shape index (κ1) is 68.9. The molecule has 4 bridgehead atoms. The predicted octanol–water partition coefficient (Wildman–Crippen LogP) is -1.52. The Labute approximate surface area is 523 Å². The van der Waals surface area contributed by atoms with Crippen molar-refractivity contribution in [3.8, 4) is 0 Å². The maximum Gasteiger partial charge on any atom is 0.314 e. The molecule has 32 atom stereocenters. The molecule has 0 radical (unpaired) electrons. The topological polar surface area (TPSA) is 432 Å². The van der Waals surface area contributed by atoms with Crippen LogP contribution in [0.5, 0.6) is 0 Å². The maximum absolute atomic E-state index is 14.1. The smallest absolute Gasteiger partial charge is 0.314 e. The van der Waals surface area contributed by atoms with Crippen LogP contribution in [0.2, 0.25) is 0 Å². The summed E-state index contributed by atoms with van der Waals surface area (Å²) in [6.07, 6.45) is -17.3. The molecule has 8 aliphatic carbocycles. The average molecular weight is 1290 g/mol. The van der Waals surface area contributed by atoms with Crippen molar-refractivity contribution in [1.29, 1.82) is 0 Å². The number of hydrogen-bond donors (Lipinski definition) is 16. The largest absolute Gasteiger partial charge is 0.432 e. The zero-order chi connectivity index (χ0) is 65.4. The molecule has 4 heterocycles. The van der Waals surface area contributed by atoms with Crippen LogP contribution in [-0.4, -0.2) is 254 Å². The number of carbonyl (C=O) groups is 2.